The molecule has 10 atom stereocenters. The smallest absolute Gasteiger partial charge is 0.306 e. The Morgan fingerprint density at radius 1 is 0.925 bits per heavy atom. The van der Waals surface area contributed by atoms with Gasteiger partial charge in [-0.2, -0.15) is 0 Å². The quantitative estimate of drug-likeness (QED) is 0.184. The van der Waals surface area contributed by atoms with Crippen molar-refractivity contribution < 1.29 is 28.6 Å². The van der Waals surface area contributed by atoms with Crippen molar-refractivity contribution in [1.82, 2.24) is 5.32 Å². The first kappa shape index (κ1) is 40.0. The van der Waals surface area contributed by atoms with Gasteiger partial charge in [-0.05, 0) is 152 Å². The number of aliphatic carboxylic acids is 1. The summed E-state index contributed by atoms with van der Waals surface area (Å²) in [5.74, 6) is 1.13. The van der Waals surface area contributed by atoms with Crippen LogP contribution in [0.5, 0.6) is 0 Å². The molecule has 7 heteroatoms. The first-order chi connectivity index (χ1) is 24.6. The van der Waals surface area contributed by atoms with Crippen LogP contribution in [-0.2, 0) is 25.7 Å². The molecule has 5 saturated carbocycles. The van der Waals surface area contributed by atoms with Gasteiger partial charge in [-0.25, -0.2) is 4.39 Å². The van der Waals surface area contributed by atoms with Crippen LogP contribution < -0.4 is 5.32 Å². The van der Waals surface area contributed by atoms with Crippen molar-refractivity contribution in [2.45, 2.75) is 158 Å². The number of esters is 1. The molecule has 0 unspecified atom stereocenters. The highest BCUT2D eigenvalue weighted by Gasteiger charge is 2.71. The molecule has 53 heavy (non-hydrogen) atoms. The number of carbonyl (C=O) groups excluding carboxylic acids is 2. The summed E-state index contributed by atoms with van der Waals surface area (Å²) in [6, 6.07) is 5.08. The maximum atomic E-state index is 13.9. The lowest BCUT2D eigenvalue weighted by Crippen LogP contribution is -2.67. The van der Waals surface area contributed by atoms with Crippen LogP contribution in [0.15, 0.2) is 30.4 Å². The van der Waals surface area contributed by atoms with Crippen molar-refractivity contribution in [3.05, 3.63) is 47.3 Å². The van der Waals surface area contributed by atoms with Crippen molar-refractivity contribution >= 4 is 17.8 Å². The van der Waals surface area contributed by atoms with E-state index in [1.54, 1.807) is 13.0 Å². The highest BCUT2D eigenvalue weighted by atomic mass is 19.1. The van der Waals surface area contributed by atoms with Gasteiger partial charge in [0.05, 0.1) is 12.8 Å². The lowest BCUT2D eigenvalue weighted by Gasteiger charge is -2.73. The first-order valence-electron chi connectivity index (χ1n) is 20.7. The van der Waals surface area contributed by atoms with Crippen molar-refractivity contribution in [3.63, 3.8) is 0 Å². The first-order valence-corrected chi connectivity index (χ1v) is 20.7. The molecule has 5 aliphatic carbocycles. The summed E-state index contributed by atoms with van der Waals surface area (Å²) < 4.78 is 20.2. The molecule has 6 nitrogen and oxygen atoms in total. The van der Waals surface area contributed by atoms with Crippen LogP contribution >= 0.6 is 0 Å². The lowest BCUT2D eigenvalue weighted by atomic mass is 9.32. The molecule has 5 fully saturated rings. The summed E-state index contributed by atoms with van der Waals surface area (Å²) in [5, 5.41) is 12.6. The lowest BCUT2D eigenvalue weighted by molar-refractivity contribution is -0.250. The Morgan fingerprint density at radius 2 is 1.64 bits per heavy atom. The largest absolute Gasteiger partial charge is 0.481 e. The number of carbonyl (C=O) groups is 3. The second-order valence-electron chi connectivity index (χ2n) is 20.8. The molecule has 1 amide bonds. The Kier molecular flexibility index (Phi) is 10.4. The molecule has 0 aromatic heterocycles. The number of rotatable bonds is 10. The molecule has 0 spiro atoms. The highest BCUT2D eigenvalue weighted by Crippen LogP contribution is 2.78. The Labute approximate surface area is 318 Å². The van der Waals surface area contributed by atoms with Gasteiger partial charge in [0, 0.05) is 18.4 Å². The van der Waals surface area contributed by atoms with Gasteiger partial charge in [-0.1, -0.05) is 72.8 Å². The number of aryl methyl sites for hydroxylation is 1. The highest BCUT2D eigenvalue weighted by molar-refractivity contribution is 5.77. The molecule has 0 saturated heterocycles. The van der Waals surface area contributed by atoms with E-state index < -0.39 is 11.4 Å². The Morgan fingerprint density at radius 3 is 2.30 bits per heavy atom. The van der Waals surface area contributed by atoms with Gasteiger partial charge in [-0.3, -0.25) is 14.4 Å². The summed E-state index contributed by atoms with van der Waals surface area (Å²) in [5.41, 5.74) is 2.40. The van der Waals surface area contributed by atoms with Crippen LogP contribution in [0.3, 0.4) is 0 Å². The number of fused-ring (bicyclic) bond motifs is 7. The minimum atomic E-state index is -0.893. The molecule has 0 aliphatic heterocycles. The number of ether oxygens (including phenoxy) is 1. The number of carboxylic acids is 1. The average molecular weight is 734 g/mol. The van der Waals surface area contributed by atoms with Crippen LogP contribution in [0.2, 0.25) is 0 Å². The fourth-order valence-electron chi connectivity index (χ4n) is 14.2. The van der Waals surface area contributed by atoms with Crippen molar-refractivity contribution in [3.8, 4) is 0 Å². The topological polar surface area (TPSA) is 92.7 Å². The van der Waals surface area contributed by atoms with Gasteiger partial charge in [0.25, 0.3) is 0 Å². The summed E-state index contributed by atoms with van der Waals surface area (Å²) in [7, 11) is 0. The minimum Gasteiger partial charge on any atom is -0.481 e. The number of halogens is 1. The number of allylic oxidation sites excluding steroid dienone is 1. The molecule has 294 valence electrons. The number of nitrogens with one attached hydrogen (secondary N) is 1. The van der Waals surface area contributed by atoms with E-state index in [-0.39, 0.29) is 63.7 Å². The molecule has 1 aromatic rings. The maximum Gasteiger partial charge on any atom is 0.306 e. The van der Waals surface area contributed by atoms with Gasteiger partial charge in [0.1, 0.15) is 11.9 Å². The molecule has 5 aliphatic rings. The summed E-state index contributed by atoms with van der Waals surface area (Å²) in [4.78, 5) is 38.4. The molecule has 0 bridgehead atoms. The van der Waals surface area contributed by atoms with Crippen LogP contribution in [-0.4, -0.2) is 29.1 Å². The van der Waals surface area contributed by atoms with Crippen LogP contribution in [0.4, 0.5) is 4.39 Å². The van der Waals surface area contributed by atoms with Crippen LogP contribution in [0, 0.1) is 74.8 Å². The monoisotopic (exact) mass is 734 g/mol. The SMILES string of the molecule is C=C(C)[C@@H]1CC[C@]2(CC(=O)NCc3ccc(F)c(C)c3)CC[C@]3(C)[C@H](CC[C@@H]4[C@@]5(C)CC[C@H](OC(=O)CC(C)(C)CC(=O)O)C(C)(C)[C@@H]5CC[C@]43C)[C@@H]12. The zero-order valence-electron chi connectivity index (χ0n) is 34.3. The van der Waals surface area contributed by atoms with Gasteiger partial charge in [0.2, 0.25) is 5.91 Å². The fourth-order valence-corrected chi connectivity index (χ4v) is 14.2. The van der Waals surface area contributed by atoms with Crippen molar-refractivity contribution in [2.24, 2.45) is 62.1 Å². The third-order valence-electron chi connectivity index (χ3n) is 16.9. The molecular formula is C46H68FNO5. The number of hydrogen-bond acceptors (Lipinski definition) is 4. The zero-order chi connectivity index (χ0) is 38.9. The number of carboxylic acid groups (broad SMARTS) is 1. The van der Waals surface area contributed by atoms with E-state index in [0.717, 1.165) is 56.9 Å². The molecule has 1 aromatic carbocycles. The number of hydrogen-bond donors (Lipinski definition) is 2. The second-order valence-corrected chi connectivity index (χ2v) is 20.8. The van der Waals surface area contributed by atoms with E-state index in [2.05, 4.69) is 53.4 Å². The Bertz CT molecular complexity index is 1630. The summed E-state index contributed by atoms with van der Waals surface area (Å²) in [6.07, 6.45) is 11.4. The number of amides is 1. The second kappa shape index (κ2) is 13.8. The van der Waals surface area contributed by atoms with Gasteiger partial charge >= 0.3 is 11.9 Å². The number of benzene rings is 1. The summed E-state index contributed by atoms with van der Waals surface area (Å²) >= 11 is 0. The van der Waals surface area contributed by atoms with Crippen LogP contribution in [0.25, 0.3) is 0 Å². The summed E-state index contributed by atoms with van der Waals surface area (Å²) in [6.45, 7) is 25.0. The van der Waals surface area contributed by atoms with E-state index in [9.17, 15) is 23.9 Å². The molecule has 2 N–H and O–H groups in total. The van der Waals surface area contributed by atoms with E-state index in [1.807, 2.05) is 19.9 Å². The standard InChI is InChI=1S/C46H68FNO5/c1-28(2)31-15-20-46(24-37(49)48-27-30-11-13-33(47)29(3)23-30)22-21-44(9)32(40(31)46)12-14-35-43(8)18-17-36(42(6,7)34(43)16-19-45(35,44)10)53-39(52)26-41(4,5)25-38(50)51/h11,13,23,31-32,34-36,40H,1,12,14-22,24-27H2,2-10H3,(H,48,49)(H,50,51)/t31-,32+,34-,35+,36-,40+,43-,44+,45+,46+/m0/s1. The third kappa shape index (κ3) is 6.81. The third-order valence-corrected chi connectivity index (χ3v) is 16.9. The fraction of sp³-hybridized carbons (Fsp3) is 0.761. The van der Waals surface area contributed by atoms with E-state index in [1.165, 1.54) is 24.5 Å². The maximum absolute atomic E-state index is 13.9. The molecule has 6 rings (SSSR count). The van der Waals surface area contributed by atoms with Gasteiger partial charge in [-0.15, -0.1) is 0 Å². The Balaban J connectivity index is 1.21. The predicted molar refractivity (Wildman–Crippen MR) is 207 cm³/mol. The van der Waals surface area contributed by atoms with E-state index >= 15 is 0 Å². The average Bonchev–Trinajstić information content (AvgIpc) is 3.42. The normalized spacial score (nSPS) is 38.8. The minimum absolute atomic E-state index is 0.0240. The molecule has 0 heterocycles. The van der Waals surface area contributed by atoms with Gasteiger partial charge < -0.3 is 15.2 Å². The molecule has 0 radical (unpaired) electrons. The van der Waals surface area contributed by atoms with Gasteiger partial charge in [0.15, 0.2) is 0 Å². The van der Waals surface area contributed by atoms with Crippen molar-refractivity contribution in [1.29, 1.82) is 0 Å². The molecular weight excluding hydrogens is 666 g/mol. The van der Waals surface area contributed by atoms with Crippen molar-refractivity contribution in [2.75, 3.05) is 0 Å². The predicted octanol–water partition coefficient (Wildman–Crippen LogP) is 10.6. The zero-order valence-corrected chi connectivity index (χ0v) is 34.3. The van der Waals surface area contributed by atoms with Crippen LogP contribution in [0.1, 0.15) is 150 Å². The Hall–Kier alpha value is -2.70. The van der Waals surface area contributed by atoms with E-state index in [4.69, 9.17) is 4.74 Å². The van der Waals surface area contributed by atoms with E-state index in [0.29, 0.717) is 48.1 Å².